The molecule has 19 heavy (non-hydrogen) atoms. The standard InChI is InChI=1S/C12H15N3O4/c1-3-8(12(16)17)15(2)7-10-13-11(19-14-10)9-5-4-6-18-9/h4-6,8H,3,7H2,1-2H3,(H,16,17). The summed E-state index contributed by atoms with van der Waals surface area (Å²) in [4.78, 5) is 16.9. The lowest BCUT2D eigenvalue weighted by Gasteiger charge is -2.21. The molecule has 1 N–H and O–H groups in total. The van der Waals surface area contributed by atoms with E-state index in [1.807, 2.05) is 6.92 Å². The molecule has 0 saturated heterocycles. The van der Waals surface area contributed by atoms with Crippen LogP contribution in [0.4, 0.5) is 0 Å². The summed E-state index contributed by atoms with van der Waals surface area (Å²) in [5.41, 5.74) is 0. The fourth-order valence-electron chi connectivity index (χ4n) is 1.83. The normalized spacial score (nSPS) is 12.8. The molecule has 0 aliphatic carbocycles. The molecule has 2 aromatic heterocycles. The molecule has 2 rings (SSSR count). The van der Waals surface area contributed by atoms with Crippen molar-refractivity contribution in [1.29, 1.82) is 0 Å². The molecule has 7 heteroatoms. The Morgan fingerprint density at radius 3 is 2.95 bits per heavy atom. The smallest absolute Gasteiger partial charge is 0.320 e. The van der Waals surface area contributed by atoms with Crippen molar-refractivity contribution in [2.75, 3.05) is 7.05 Å². The molecule has 0 aliphatic rings. The van der Waals surface area contributed by atoms with Gasteiger partial charge in [-0.2, -0.15) is 4.98 Å². The lowest BCUT2D eigenvalue weighted by molar-refractivity contribution is -0.143. The van der Waals surface area contributed by atoms with Crippen molar-refractivity contribution >= 4 is 5.97 Å². The van der Waals surface area contributed by atoms with Crippen LogP contribution in [0.3, 0.4) is 0 Å². The van der Waals surface area contributed by atoms with Crippen molar-refractivity contribution in [2.24, 2.45) is 0 Å². The maximum Gasteiger partial charge on any atom is 0.320 e. The van der Waals surface area contributed by atoms with Crippen LogP contribution in [0.5, 0.6) is 0 Å². The Morgan fingerprint density at radius 2 is 2.37 bits per heavy atom. The van der Waals surface area contributed by atoms with Crippen LogP contribution in [0.2, 0.25) is 0 Å². The van der Waals surface area contributed by atoms with Crippen molar-refractivity contribution < 1.29 is 18.8 Å². The molecule has 0 aromatic carbocycles. The molecule has 1 atom stereocenters. The van der Waals surface area contributed by atoms with E-state index in [9.17, 15) is 4.79 Å². The lowest BCUT2D eigenvalue weighted by atomic mass is 10.2. The van der Waals surface area contributed by atoms with Crippen LogP contribution in [-0.4, -0.2) is 39.2 Å². The number of furan rings is 1. The molecule has 0 aliphatic heterocycles. The molecule has 2 heterocycles. The third-order valence-corrected chi connectivity index (χ3v) is 2.79. The van der Waals surface area contributed by atoms with Gasteiger partial charge in [-0.25, -0.2) is 0 Å². The molecule has 0 radical (unpaired) electrons. The summed E-state index contributed by atoms with van der Waals surface area (Å²) in [6.45, 7) is 2.12. The van der Waals surface area contributed by atoms with E-state index in [1.54, 1.807) is 24.1 Å². The number of hydrogen-bond acceptors (Lipinski definition) is 6. The highest BCUT2D eigenvalue weighted by Gasteiger charge is 2.22. The Hall–Kier alpha value is -2.15. The zero-order valence-electron chi connectivity index (χ0n) is 10.7. The Kier molecular flexibility index (Phi) is 3.96. The third-order valence-electron chi connectivity index (χ3n) is 2.79. The summed E-state index contributed by atoms with van der Waals surface area (Å²) in [6, 6.07) is 2.88. The molecular weight excluding hydrogens is 250 g/mol. The second kappa shape index (κ2) is 5.66. The van der Waals surface area contributed by atoms with Gasteiger partial charge in [0.1, 0.15) is 6.04 Å². The van der Waals surface area contributed by atoms with Gasteiger partial charge >= 0.3 is 5.97 Å². The van der Waals surface area contributed by atoms with E-state index in [4.69, 9.17) is 14.0 Å². The van der Waals surface area contributed by atoms with Gasteiger partial charge in [-0.3, -0.25) is 9.69 Å². The molecule has 7 nitrogen and oxygen atoms in total. The first-order valence-corrected chi connectivity index (χ1v) is 5.91. The van der Waals surface area contributed by atoms with Gasteiger partial charge in [0.05, 0.1) is 12.8 Å². The van der Waals surface area contributed by atoms with E-state index in [0.717, 1.165) is 0 Å². The predicted molar refractivity (Wildman–Crippen MR) is 65.2 cm³/mol. The van der Waals surface area contributed by atoms with E-state index in [0.29, 0.717) is 24.6 Å². The molecular formula is C12H15N3O4. The summed E-state index contributed by atoms with van der Waals surface area (Å²) in [5.74, 6) is 0.344. The minimum absolute atomic E-state index is 0.289. The number of hydrogen-bond donors (Lipinski definition) is 1. The topological polar surface area (TPSA) is 92.6 Å². The molecule has 0 spiro atoms. The highest BCUT2D eigenvalue weighted by molar-refractivity contribution is 5.73. The zero-order chi connectivity index (χ0) is 13.8. The highest BCUT2D eigenvalue weighted by atomic mass is 16.5. The largest absolute Gasteiger partial charge is 0.480 e. The number of nitrogens with zero attached hydrogens (tertiary/aromatic N) is 3. The average Bonchev–Trinajstić information content (AvgIpc) is 2.98. The fraction of sp³-hybridized carbons (Fsp3) is 0.417. The lowest BCUT2D eigenvalue weighted by Crippen LogP contribution is -2.37. The van der Waals surface area contributed by atoms with Gasteiger partial charge in [-0.1, -0.05) is 12.1 Å². The van der Waals surface area contributed by atoms with Gasteiger partial charge in [0, 0.05) is 0 Å². The summed E-state index contributed by atoms with van der Waals surface area (Å²) < 4.78 is 10.2. The van der Waals surface area contributed by atoms with Gasteiger partial charge in [0.25, 0.3) is 5.89 Å². The van der Waals surface area contributed by atoms with Crippen molar-refractivity contribution in [1.82, 2.24) is 15.0 Å². The minimum Gasteiger partial charge on any atom is -0.480 e. The van der Waals surface area contributed by atoms with Crippen LogP contribution in [0.15, 0.2) is 27.3 Å². The molecule has 2 aromatic rings. The Labute approximate surface area is 109 Å². The molecule has 102 valence electrons. The van der Waals surface area contributed by atoms with Gasteiger partial charge in [0.15, 0.2) is 11.6 Å². The monoisotopic (exact) mass is 265 g/mol. The highest BCUT2D eigenvalue weighted by Crippen LogP contribution is 2.17. The Balaban J connectivity index is 2.06. The third kappa shape index (κ3) is 3.00. The van der Waals surface area contributed by atoms with E-state index in [2.05, 4.69) is 10.1 Å². The van der Waals surface area contributed by atoms with E-state index in [1.165, 1.54) is 6.26 Å². The minimum atomic E-state index is -0.861. The predicted octanol–water partition coefficient (Wildman–Crippen LogP) is 1.62. The van der Waals surface area contributed by atoms with Crippen LogP contribution in [0.1, 0.15) is 19.2 Å². The maximum absolute atomic E-state index is 11.0. The summed E-state index contributed by atoms with van der Waals surface area (Å²) in [5, 5.41) is 12.9. The first-order valence-electron chi connectivity index (χ1n) is 5.91. The van der Waals surface area contributed by atoms with Gasteiger partial charge < -0.3 is 14.0 Å². The summed E-state index contributed by atoms with van der Waals surface area (Å²) in [6.07, 6.45) is 2.03. The van der Waals surface area contributed by atoms with Crippen LogP contribution in [0, 0.1) is 0 Å². The summed E-state index contributed by atoms with van der Waals surface area (Å²) >= 11 is 0. The molecule has 0 bridgehead atoms. The number of aromatic nitrogens is 2. The number of carboxylic acid groups (broad SMARTS) is 1. The second-order valence-corrected chi connectivity index (χ2v) is 4.17. The van der Waals surface area contributed by atoms with Gasteiger partial charge in [0.2, 0.25) is 0 Å². The number of aliphatic carboxylic acids is 1. The molecule has 0 saturated carbocycles. The van der Waals surface area contributed by atoms with Gasteiger partial charge in [-0.05, 0) is 25.6 Å². The van der Waals surface area contributed by atoms with Crippen LogP contribution in [0.25, 0.3) is 11.7 Å². The van der Waals surface area contributed by atoms with Crippen molar-refractivity contribution in [3.05, 3.63) is 24.2 Å². The SMILES string of the molecule is CCC(C(=O)O)N(C)Cc1noc(-c2ccco2)n1. The number of rotatable bonds is 6. The van der Waals surface area contributed by atoms with Crippen LogP contribution < -0.4 is 0 Å². The van der Waals surface area contributed by atoms with Crippen LogP contribution >= 0.6 is 0 Å². The average molecular weight is 265 g/mol. The number of carboxylic acids is 1. The number of likely N-dealkylation sites (N-methyl/N-ethyl adjacent to an activating group) is 1. The van der Waals surface area contributed by atoms with E-state index < -0.39 is 12.0 Å². The zero-order valence-corrected chi connectivity index (χ0v) is 10.7. The van der Waals surface area contributed by atoms with E-state index >= 15 is 0 Å². The van der Waals surface area contributed by atoms with Crippen molar-refractivity contribution in [3.63, 3.8) is 0 Å². The first kappa shape index (κ1) is 13.3. The number of carbonyl (C=O) groups is 1. The van der Waals surface area contributed by atoms with Crippen molar-refractivity contribution in [2.45, 2.75) is 25.9 Å². The van der Waals surface area contributed by atoms with Crippen molar-refractivity contribution in [3.8, 4) is 11.7 Å². The Bertz CT molecular complexity index is 535. The Morgan fingerprint density at radius 1 is 1.58 bits per heavy atom. The molecule has 0 fully saturated rings. The second-order valence-electron chi connectivity index (χ2n) is 4.17. The quantitative estimate of drug-likeness (QED) is 0.848. The summed E-state index contributed by atoms with van der Waals surface area (Å²) in [7, 11) is 1.71. The van der Waals surface area contributed by atoms with Crippen LogP contribution in [-0.2, 0) is 11.3 Å². The fourth-order valence-corrected chi connectivity index (χ4v) is 1.83. The molecule has 0 amide bonds. The maximum atomic E-state index is 11.0. The van der Waals surface area contributed by atoms with Gasteiger partial charge in [-0.15, -0.1) is 0 Å². The van der Waals surface area contributed by atoms with E-state index in [-0.39, 0.29) is 5.89 Å². The first-order chi connectivity index (χ1) is 9.11. The molecule has 1 unspecified atom stereocenters.